The molecule has 0 aliphatic carbocycles. The topological polar surface area (TPSA) is 107 Å². The highest BCUT2D eigenvalue weighted by Crippen LogP contribution is 2.43. The summed E-state index contributed by atoms with van der Waals surface area (Å²) in [5.41, 5.74) is -0.990. The van der Waals surface area contributed by atoms with E-state index in [2.05, 4.69) is 30.8 Å². The Labute approximate surface area is 171 Å². The third kappa shape index (κ3) is 4.01. The first-order valence-corrected chi connectivity index (χ1v) is 11.4. The summed E-state index contributed by atoms with van der Waals surface area (Å²) < 4.78 is 65.9. The van der Waals surface area contributed by atoms with E-state index < -0.39 is 26.5 Å². The van der Waals surface area contributed by atoms with E-state index in [1.165, 1.54) is 6.07 Å². The molecule has 0 spiro atoms. The molecule has 1 unspecified atom stereocenters. The Balaban J connectivity index is 1.81. The van der Waals surface area contributed by atoms with Gasteiger partial charge in [0, 0.05) is 57.3 Å². The molecule has 1 atom stereocenters. The number of hydrogen-bond donors (Lipinski definition) is 2. The predicted molar refractivity (Wildman–Crippen MR) is 103 cm³/mol. The number of halogens is 3. The molecule has 0 bridgehead atoms. The van der Waals surface area contributed by atoms with Gasteiger partial charge in [-0.1, -0.05) is 0 Å². The first kappa shape index (κ1) is 21.0. The summed E-state index contributed by atoms with van der Waals surface area (Å²) in [7, 11) is -4.24. The largest absolute Gasteiger partial charge is 0.417 e. The molecule has 2 saturated heterocycles. The molecule has 3 heterocycles. The molecular formula is C17H22F3N7O2S. The van der Waals surface area contributed by atoms with E-state index in [4.69, 9.17) is 0 Å². The molecule has 2 N–H and O–H groups in total. The minimum atomic E-state index is -4.84. The average Bonchev–Trinajstić information content (AvgIpc) is 3.38. The zero-order valence-corrected chi connectivity index (χ0v) is 17.1. The van der Waals surface area contributed by atoms with Gasteiger partial charge < -0.3 is 10.2 Å². The van der Waals surface area contributed by atoms with Gasteiger partial charge in [0.15, 0.2) is 15.7 Å². The van der Waals surface area contributed by atoms with Crippen LogP contribution in [-0.2, 0) is 16.0 Å². The second-order valence-corrected chi connectivity index (χ2v) is 9.48. The normalized spacial score (nSPS) is 21.3. The molecule has 0 radical (unpaired) electrons. The van der Waals surface area contributed by atoms with Gasteiger partial charge in [0.05, 0.1) is 16.0 Å². The van der Waals surface area contributed by atoms with E-state index in [0.29, 0.717) is 18.8 Å². The SMILES string of the molecule is CS(=O)(=O)c1c(C(F)(F)F)ccc(N2CCC(N3CCNCC3)C2)c1-c1nnn[nH]1. The number of alkyl halides is 3. The number of aromatic nitrogens is 4. The zero-order chi connectivity index (χ0) is 21.5. The summed E-state index contributed by atoms with van der Waals surface area (Å²) in [6.45, 7) is 4.77. The highest BCUT2D eigenvalue weighted by atomic mass is 32.2. The maximum atomic E-state index is 13.7. The lowest BCUT2D eigenvalue weighted by molar-refractivity contribution is -0.139. The highest BCUT2D eigenvalue weighted by molar-refractivity contribution is 7.91. The number of H-pyrrole nitrogens is 1. The van der Waals surface area contributed by atoms with Crippen molar-refractivity contribution in [2.24, 2.45) is 0 Å². The number of hydrogen-bond acceptors (Lipinski definition) is 8. The molecule has 2 aliphatic rings. The standard InChI is InChI=1S/C17H22F3N7O2S/c1-30(28,29)15-12(17(18,19)20)2-3-13(14(15)16-22-24-25-23-16)27-7-4-11(10-27)26-8-5-21-6-9-26/h2-3,11,21H,4-10H2,1H3,(H,22,23,24,25). The Morgan fingerprint density at radius 2 is 1.90 bits per heavy atom. The fraction of sp³-hybridized carbons (Fsp3) is 0.588. The van der Waals surface area contributed by atoms with Gasteiger partial charge in [-0.25, -0.2) is 13.5 Å². The van der Waals surface area contributed by atoms with Crippen LogP contribution >= 0.6 is 0 Å². The number of aromatic amines is 1. The predicted octanol–water partition coefficient (Wildman–Crippen LogP) is 0.773. The number of tetrazole rings is 1. The summed E-state index contributed by atoms with van der Waals surface area (Å²) in [5, 5.41) is 16.3. The van der Waals surface area contributed by atoms with Gasteiger partial charge in [0.1, 0.15) is 0 Å². The van der Waals surface area contributed by atoms with Gasteiger partial charge in [-0.05, 0) is 29.0 Å². The van der Waals surface area contributed by atoms with Crippen LogP contribution in [0, 0.1) is 0 Å². The summed E-state index contributed by atoms with van der Waals surface area (Å²) in [6, 6.07) is 2.39. The smallest absolute Gasteiger partial charge is 0.369 e. The fourth-order valence-corrected chi connectivity index (χ4v) is 5.40. The van der Waals surface area contributed by atoms with Crippen LogP contribution in [0.2, 0.25) is 0 Å². The van der Waals surface area contributed by atoms with Crippen LogP contribution in [0.1, 0.15) is 12.0 Å². The molecule has 1 aromatic carbocycles. The van der Waals surface area contributed by atoms with E-state index in [1.54, 1.807) is 0 Å². The minimum Gasteiger partial charge on any atom is -0.369 e. The Bertz CT molecular complexity index is 1010. The Morgan fingerprint density at radius 1 is 1.17 bits per heavy atom. The molecule has 4 rings (SSSR count). The first-order valence-electron chi connectivity index (χ1n) is 9.54. The Hall–Kier alpha value is -2.25. The maximum Gasteiger partial charge on any atom is 0.417 e. The average molecular weight is 445 g/mol. The van der Waals surface area contributed by atoms with Gasteiger partial charge in [-0.2, -0.15) is 13.2 Å². The van der Waals surface area contributed by atoms with Crippen LogP contribution in [0.15, 0.2) is 17.0 Å². The van der Waals surface area contributed by atoms with E-state index in [9.17, 15) is 21.6 Å². The fourth-order valence-electron chi connectivity index (χ4n) is 4.24. The first-order chi connectivity index (χ1) is 14.2. The maximum absolute atomic E-state index is 13.7. The van der Waals surface area contributed by atoms with Gasteiger partial charge in [0.2, 0.25) is 0 Å². The summed E-state index contributed by atoms with van der Waals surface area (Å²) in [6.07, 6.45) is -3.24. The van der Waals surface area contributed by atoms with Crippen LogP contribution < -0.4 is 10.2 Å². The number of nitrogens with one attached hydrogen (secondary N) is 2. The second kappa shape index (κ2) is 7.78. The number of benzene rings is 1. The molecule has 1 aromatic heterocycles. The molecule has 164 valence electrons. The molecule has 2 fully saturated rings. The van der Waals surface area contributed by atoms with E-state index in [1.807, 2.05) is 4.90 Å². The van der Waals surface area contributed by atoms with E-state index >= 15 is 0 Å². The van der Waals surface area contributed by atoms with Crippen molar-refractivity contribution >= 4 is 15.5 Å². The quantitative estimate of drug-likeness (QED) is 0.711. The lowest BCUT2D eigenvalue weighted by Crippen LogP contribution is -2.49. The van der Waals surface area contributed by atoms with Crippen molar-refractivity contribution in [1.82, 2.24) is 30.8 Å². The molecule has 13 heteroatoms. The van der Waals surface area contributed by atoms with Crippen molar-refractivity contribution < 1.29 is 21.6 Å². The Kier molecular flexibility index (Phi) is 5.45. The molecule has 0 amide bonds. The van der Waals surface area contributed by atoms with E-state index in [0.717, 1.165) is 44.9 Å². The molecule has 2 aromatic rings. The van der Waals surface area contributed by atoms with Crippen molar-refractivity contribution in [2.75, 3.05) is 50.4 Å². The van der Waals surface area contributed by atoms with Crippen LogP contribution in [-0.4, -0.2) is 85.5 Å². The molecular weight excluding hydrogens is 423 g/mol. The molecule has 30 heavy (non-hydrogen) atoms. The second-order valence-electron chi connectivity index (χ2n) is 7.53. The number of sulfone groups is 1. The van der Waals surface area contributed by atoms with E-state index in [-0.39, 0.29) is 17.4 Å². The molecule has 0 saturated carbocycles. The zero-order valence-electron chi connectivity index (χ0n) is 16.3. The molecule has 9 nitrogen and oxygen atoms in total. The van der Waals surface area contributed by atoms with Crippen molar-refractivity contribution in [3.63, 3.8) is 0 Å². The van der Waals surface area contributed by atoms with Gasteiger partial charge in [-0.15, -0.1) is 5.10 Å². The number of anilines is 1. The Morgan fingerprint density at radius 3 is 2.50 bits per heavy atom. The van der Waals surface area contributed by atoms with Gasteiger partial charge in [-0.3, -0.25) is 4.90 Å². The van der Waals surface area contributed by atoms with Crippen molar-refractivity contribution in [3.8, 4) is 11.4 Å². The monoisotopic (exact) mass is 445 g/mol. The number of rotatable bonds is 4. The summed E-state index contributed by atoms with van der Waals surface area (Å²) in [4.78, 5) is 3.46. The lowest BCUT2D eigenvalue weighted by atomic mass is 10.1. The van der Waals surface area contributed by atoms with Crippen molar-refractivity contribution in [2.45, 2.75) is 23.5 Å². The van der Waals surface area contributed by atoms with Gasteiger partial charge in [0.25, 0.3) is 0 Å². The van der Waals surface area contributed by atoms with Crippen LogP contribution in [0.25, 0.3) is 11.4 Å². The number of nitrogens with zero attached hydrogens (tertiary/aromatic N) is 5. The minimum absolute atomic E-state index is 0.109. The third-order valence-electron chi connectivity index (χ3n) is 5.57. The highest BCUT2D eigenvalue weighted by Gasteiger charge is 2.40. The third-order valence-corrected chi connectivity index (χ3v) is 6.73. The lowest BCUT2D eigenvalue weighted by Gasteiger charge is -2.33. The summed E-state index contributed by atoms with van der Waals surface area (Å²) >= 11 is 0. The van der Waals surface area contributed by atoms with Crippen molar-refractivity contribution in [1.29, 1.82) is 0 Å². The van der Waals surface area contributed by atoms with Crippen molar-refractivity contribution in [3.05, 3.63) is 17.7 Å². The van der Waals surface area contributed by atoms with Gasteiger partial charge >= 0.3 is 6.18 Å². The van der Waals surface area contributed by atoms with Crippen LogP contribution in [0.4, 0.5) is 18.9 Å². The number of piperazine rings is 1. The van der Waals surface area contributed by atoms with Crippen LogP contribution in [0.5, 0.6) is 0 Å². The summed E-state index contributed by atoms with van der Waals surface area (Å²) in [5.74, 6) is -0.109. The van der Waals surface area contributed by atoms with Crippen LogP contribution in [0.3, 0.4) is 0 Å². The molecule has 2 aliphatic heterocycles.